The lowest BCUT2D eigenvalue weighted by molar-refractivity contribution is 0.100. The second kappa shape index (κ2) is 6.92. The minimum atomic E-state index is -0.427. The molecule has 5 nitrogen and oxygen atoms in total. The van der Waals surface area contributed by atoms with Gasteiger partial charge in [0.2, 0.25) is 0 Å². The van der Waals surface area contributed by atoms with E-state index in [-0.39, 0.29) is 24.8 Å². The normalized spacial score (nSPS) is 15.4. The Kier molecular flexibility index (Phi) is 5.80. The van der Waals surface area contributed by atoms with Crippen molar-refractivity contribution in [2.45, 2.75) is 18.8 Å². The van der Waals surface area contributed by atoms with E-state index in [4.69, 9.17) is 5.73 Å². The van der Waals surface area contributed by atoms with Crippen molar-refractivity contribution in [2.75, 3.05) is 13.1 Å². The standard InChI is InChI=1S/C13H16N4O.2ClH/c14-12(18)9-2-1-3-10-11(9)17-13(16-10)8-4-6-15-7-5-8;;/h1-3,8,15H,4-7H2,(H2,14,18)(H,16,17);2*1H. The molecule has 0 aliphatic carbocycles. The minimum Gasteiger partial charge on any atom is -0.366 e. The van der Waals surface area contributed by atoms with Crippen LogP contribution in [-0.2, 0) is 0 Å². The molecule has 1 aliphatic heterocycles. The van der Waals surface area contributed by atoms with Crippen LogP contribution >= 0.6 is 24.8 Å². The average molecular weight is 317 g/mol. The fraction of sp³-hybridized carbons (Fsp3) is 0.385. The van der Waals surface area contributed by atoms with Gasteiger partial charge in [-0.3, -0.25) is 4.79 Å². The first-order valence-corrected chi connectivity index (χ1v) is 6.25. The van der Waals surface area contributed by atoms with Crippen molar-refractivity contribution in [1.82, 2.24) is 15.3 Å². The Balaban J connectivity index is 0.000001000. The van der Waals surface area contributed by atoms with Gasteiger partial charge in [0, 0.05) is 5.92 Å². The van der Waals surface area contributed by atoms with E-state index in [9.17, 15) is 4.79 Å². The number of nitrogens with zero attached hydrogens (tertiary/aromatic N) is 1. The van der Waals surface area contributed by atoms with Gasteiger partial charge in [-0.25, -0.2) is 4.98 Å². The van der Waals surface area contributed by atoms with Crippen molar-refractivity contribution in [3.63, 3.8) is 0 Å². The second-order valence-corrected chi connectivity index (χ2v) is 4.71. The number of primary amides is 1. The summed E-state index contributed by atoms with van der Waals surface area (Å²) < 4.78 is 0. The van der Waals surface area contributed by atoms with Gasteiger partial charge >= 0.3 is 0 Å². The molecule has 1 aromatic carbocycles. The van der Waals surface area contributed by atoms with Crippen LogP contribution in [0.1, 0.15) is 34.9 Å². The molecule has 0 bridgehead atoms. The molecule has 20 heavy (non-hydrogen) atoms. The molecule has 7 heteroatoms. The molecule has 1 fully saturated rings. The monoisotopic (exact) mass is 316 g/mol. The van der Waals surface area contributed by atoms with Crippen molar-refractivity contribution >= 4 is 41.8 Å². The Morgan fingerprint density at radius 2 is 1.95 bits per heavy atom. The number of aromatic amines is 1. The third-order valence-corrected chi connectivity index (χ3v) is 3.52. The largest absolute Gasteiger partial charge is 0.366 e. The number of aromatic nitrogens is 2. The molecule has 2 heterocycles. The van der Waals surface area contributed by atoms with Gasteiger partial charge in [-0.2, -0.15) is 0 Å². The number of piperidine rings is 1. The van der Waals surface area contributed by atoms with Crippen molar-refractivity contribution in [1.29, 1.82) is 0 Å². The first-order chi connectivity index (χ1) is 8.75. The predicted molar refractivity (Wildman–Crippen MR) is 84.0 cm³/mol. The number of hydrogen-bond acceptors (Lipinski definition) is 3. The highest BCUT2D eigenvalue weighted by atomic mass is 35.5. The summed E-state index contributed by atoms with van der Waals surface area (Å²) in [6.45, 7) is 2.04. The van der Waals surface area contributed by atoms with Gasteiger partial charge in [0.15, 0.2) is 0 Å². The van der Waals surface area contributed by atoms with Crippen LogP contribution in [0.3, 0.4) is 0 Å². The highest BCUT2D eigenvalue weighted by molar-refractivity contribution is 6.04. The third kappa shape index (κ3) is 3.06. The molecule has 2 aromatic rings. The van der Waals surface area contributed by atoms with Crippen molar-refractivity contribution < 1.29 is 4.79 Å². The summed E-state index contributed by atoms with van der Waals surface area (Å²) in [5, 5.41) is 3.33. The van der Waals surface area contributed by atoms with E-state index < -0.39 is 5.91 Å². The fourth-order valence-electron chi connectivity index (χ4n) is 2.54. The molecule has 1 aromatic heterocycles. The van der Waals surface area contributed by atoms with Gasteiger partial charge in [-0.15, -0.1) is 24.8 Å². The third-order valence-electron chi connectivity index (χ3n) is 3.52. The lowest BCUT2D eigenvalue weighted by atomic mass is 9.98. The molecule has 0 radical (unpaired) electrons. The van der Waals surface area contributed by atoms with E-state index in [1.807, 2.05) is 12.1 Å². The zero-order chi connectivity index (χ0) is 12.5. The highest BCUT2D eigenvalue weighted by Gasteiger charge is 2.20. The Morgan fingerprint density at radius 3 is 2.60 bits per heavy atom. The van der Waals surface area contributed by atoms with E-state index >= 15 is 0 Å². The van der Waals surface area contributed by atoms with Crippen molar-refractivity contribution in [2.24, 2.45) is 5.73 Å². The number of imidazole rings is 1. The first-order valence-electron chi connectivity index (χ1n) is 6.25. The molecular weight excluding hydrogens is 299 g/mol. The lowest BCUT2D eigenvalue weighted by Gasteiger charge is -2.20. The summed E-state index contributed by atoms with van der Waals surface area (Å²) in [7, 11) is 0. The van der Waals surface area contributed by atoms with Gasteiger partial charge in [-0.05, 0) is 38.1 Å². The SMILES string of the molecule is Cl.Cl.NC(=O)c1cccc2[nH]c(C3CCNCC3)nc12. The number of rotatable bonds is 2. The fourth-order valence-corrected chi connectivity index (χ4v) is 2.54. The highest BCUT2D eigenvalue weighted by Crippen LogP contribution is 2.26. The molecule has 1 amide bonds. The van der Waals surface area contributed by atoms with Crippen LogP contribution in [0.4, 0.5) is 0 Å². The van der Waals surface area contributed by atoms with Crippen LogP contribution in [0.15, 0.2) is 18.2 Å². The summed E-state index contributed by atoms with van der Waals surface area (Å²) >= 11 is 0. The molecule has 110 valence electrons. The zero-order valence-corrected chi connectivity index (χ0v) is 12.5. The Hall–Kier alpha value is -1.30. The van der Waals surface area contributed by atoms with E-state index in [2.05, 4.69) is 15.3 Å². The van der Waals surface area contributed by atoms with Crippen molar-refractivity contribution in [3.8, 4) is 0 Å². The van der Waals surface area contributed by atoms with E-state index in [1.54, 1.807) is 6.07 Å². The molecular formula is C13H18Cl2N4O. The van der Waals surface area contributed by atoms with Gasteiger partial charge in [0.25, 0.3) is 5.91 Å². The topological polar surface area (TPSA) is 83.8 Å². The summed E-state index contributed by atoms with van der Waals surface area (Å²) in [5.74, 6) is 0.989. The maximum absolute atomic E-state index is 11.4. The number of para-hydroxylation sites is 1. The van der Waals surface area contributed by atoms with E-state index in [0.717, 1.165) is 37.3 Å². The maximum atomic E-state index is 11.4. The predicted octanol–water partition coefficient (Wildman–Crippen LogP) is 1.97. The zero-order valence-electron chi connectivity index (χ0n) is 10.9. The number of benzene rings is 1. The molecule has 1 aliphatic rings. The molecule has 1 saturated heterocycles. The van der Waals surface area contributed by atoms with Crippen LogP contribution < -0.4 is 11.1 Å². The van der Waals surface area contributed by atoms with Crippen LogP contribution in [0, 0.1) is 0 Å². The number of nitrogens with two attached hydrogens (primary N) is 1. The average Bonchev–Trinajstić information content (AvgIpc) is 2.83. The number of nitrogens with one attached hydrogen (secondary N) is 2. The first kappa shape index (κ1) is 16.8. The number of amides is 1. The van der Waals surface area contributed by atoms with Crippen LogP contribution in [0.2, 0.25) is 0 Å². The number of carbonyl (C=O) groups excluding carboxylic acids is 1. The summed E-state index contributed by atoms with van der Waals surface area (Å²) in [6.07, 6.45) is 2.15. The summed E-state index contributed by atoms with van der Waals surface area (Å²) in [5.41, 5.74) is 7.44. The smallest absolute Gasteiger partial charge is 0.250 e. The quantitative estimate of drug-likeness (QED) is 0.792. The Labute approximate surface area is 129 Å². The number of halogens is 2. The molecule has 0 spiro atoms. The number of hydrogen-bond donors (Lipinski definition) is 3. The van der Waals surface area contributed by atoms with E-state index in [0.29, 0.717) is 17.0 Å². The number of H-pyrrole nitrogens is 1. The summed E-state index contributed by atoms with van der Waals surface area (Å²) in [6, 6.07) is 5.48. The van der Waals surface area contributed by atoms with Gasteiger partial charge < -0.3 is 16.0 Å². The van der Waals surface area contributed by atoms with Gasteiger partial charge in [-0.1, -0.05) is 6.07 Å². The molecule has 0 saturated carbocycles. The number of fused-ring (bicyclic) bond motifs is 1. The van der Waals surface area contributed by atoms with Gasteiger partial charge in [0.1, 0.15) is 11.3 Å². The summed E-state index contributed by atoms with van der Waals surface area (Å²) in [4.78, 5) is 19.2. The molecule has 3 rings (SSSR count). The maximum Gasteiger partial charge on any atom is 0.250 e. The molecule has 0 atom stereocenters. The van der Waals surface area contributed by atoms with Gasteiger partial charge in [0.05, 0.1) is 11.1 Å². The lowest BCUT2D eigenvalue weighted by Crippen LogP contribution is -2.27. The molecule has 4 N–H and O–H groups in total. The van der Waals surface area contributed by atoms with Crippen LogP contribution in [0.25, 0.3) is 11.0 Å². The van der Waals surface area contributed by atoms with Crippen LogP contribution in [0.5, 0.6) is 0 Å². The second-order valence-electron chi connectivity index (χ2n) is 4.71. The molecule has 0 unspecified atom stereocenters. The Bertz CT molecular complexity index is 593. The minimum absolute atomic E-state index is 0. The number of carbonyl (C=O) groups is 1. The Morgan fingerprint density at radius 1 is 1.25 bits per heavy atom. The van der Waals surface area contributed by atoms with Crippen LogP contribution in [-0.4, -0.2) is 29.0 Å². The van der Waals surface area contributed by atoms with E-state index in [1.165, 1.54) is 0 Å². The van der Waals surface area contributed by atoms with Crippen molar-refractivity contribution in [3.05, 3.63) is 29.6 Å².